The van der Waals surface area contributed by atoms with E-state index >= 15 is 0 Å². The van der Waals surface area contributed by atoms with Gasteiger partial charge in [0, 0.05) is 39.3 Å². The van der Waals surface area contributed by atoms with E-state index in [1.54, 1.807) is 12.4 Å². The third-order valence-electron chi connectivity index (χ3n) is 5.72. The quantitative estimate of drug-likeness (QED) is 0.617. The molecule has 3 heterocycles. The SMILES string of the molecule is CCN(CC)C(=O)c1sc2ncnc(N3CCN(c4ccccc4F)CC3)c2c1C. The molecule has 30 heavy (non-hydrogen) atoms. The van der Waals surface area contributed by atoms with Gasteiger partial charge in [-0.3, -0.25) is 4.79 Å². The Morgan fingerprint density at radius 1 is 1.10 bits per heavy atom. The predicted molar refractivity (Wildman–Crippen MR) is 120 cm³/mol. The van der Waals surface area contributed by atoms with Crippen molar-refractivity contribution >= 4 is 39.0 Å². The van der Waals surface area contributed by atoms with Gasteiger partial charge in [0.2, 0.25) is 0 Å². The summed E-state index contributed by atoms with van der Waals surface area (Å²) in [5, 5.41) is 0.956. The van der Waals surface area contributed by atoms with Gasteiger partial charge >= 0.3 is 0 Å². The second-order valence-electron chi connectivity index (χ2n) is 7.34. The minimum absolute atomic E-state index is 0.0517. The molecule has 158 valence electrons. The van der Waals surface area contributed by atoms with Gasteiger partial charge in [0.15, 0.2) is 0 Å². The normalized spacial score (nSPS) is 14.4. The van der Waals surface area contributed by atoms with Gasteiger partial charge in [-0.2, -0.15) is 0 Å². The molecular weight excluding hydrogens is 401 g/mol. The molecule has 1 fully saturated rings. The zero-order valence-corrected chi connectivity index (χ0v) is 18.4. The molecule has 0 atom stereocenters. The standard InChI is InChI=1S/C22H26FN5OS/c1-4-26(5-2)22(29)19-15(3)18-20(24-14-25-21(18)30-19)28-12-10-27(11-13-28)17-9-7-6-8-16(17)23/h6-9,14H,4-5,10-13H2,1-3H3. The molecule has 4 rings (SSSR count). The fourth-order valence-electron chi connectivity index (χ4n) is 4.02. The maximum absolute atomic E-state index is 14.1. The summed E-state index contributed by atoms with van der Waals surface area (Å²) in [6.07, 6.45) is 1.57. The number of para-hydroxylation sites is 1. The van der Waals surface area contributed by atoms with Gasteiger partial charge in [-0.25, -0.2) is 14.4 Å². The molecule has 0 radical (unpaired) electrons. The number of aryl methyl sites for hydroxylation is 1. The molecule has 1 aliphatic heterocycles. The average Bonchev–Trinajstić information content (AvgIpc) is 3.12. The predicted octanol–water partition coefficient (Wildman–Crippen LogP) is 3.95. The number of aromatic nitrogens is 2. The summed E-state index contributed by atoms with van der Waals surface area (Å²) in [4.78, 5) is 29.6. The zero-order valence-electron chi connectivity index (χ0n) is 17.6. The molecule has 0 saturated carbocycles. The van der Waals surface area contributed by atoms with Gasteiger partial charge in [0.25, 0.3) is 5.91 Å². The summed E-state index contributed by atoms with van der Waals surface area (Å²) < 4.78 is 14.1. The lowest BCUT2D eigenvalue weighted by Gasteiger charge is -2.37. The number of thiophene rings is 1. The highest BCUT2D eigenvalue weighted by atomic mass is 32.1. The average molecular weight is 428 g/mol. The van der Waals surface area contributed by atoms with Gasteiger partial charge in [-0.05, 0) is 38.5 Å². The van der Waals surface area contributed by atoms with Crippen LogP contribution in [0.15, 0.2) is 30.6 Å². The largest absolute Gasteiger partial charge is 0.366 e. The number of hydrogen-bond donors (Lipinski definition) is 0. The molecular formula is C22H26FN5OS. The van der Waals surface area contributed by atoms with E-state index in [4.69, 9.17) is 0 Å². The third kappa shape index (κ3) is 3.60. The van der Waals surface area contributed by atoms with Crippen LogP contribution in [0.2, 0.25) is 0 Å². The number of fused-ring (bicyclic) bond motifs is 1. The Morgan fingerprint density at radius 3 is 2.43 bits per heavy atom. The Kier molecular flexibility index (Phi) is 5.85. The highest BCUT2D eigenvalue weighted by molar-refractivity contribution is 7.20. The third-order valence-corrected chi connectivity index (χ3v) is 6.91. The van der Waals surface area contributed by atoms with Crippen molar-refractivity contribution < 1.29 is 9.18 Å². The van der Waals surface area contributed by atoms with Crippen LogP contribution in [0, 0.1) is 12.7 Å². The molecule has 0 N–H and O–H groups in total. The van der Waals surface area contributed by atoms with Crippen molar-refractivity contribution in [2.45, 2.75) is 20.8 Å². The second-order valence-corrected chi connectivity index (χ2v) is 8.34. The lowest BCUT2D eigenvalue weighted by molar-refractivity contribution is 0.0777. The molecule has 1 aliphatic rings. The molecule has 0 unspecified atom stereocenters. The highest BCUT2D eigenvalue weighted by Gasteiger charge is 2.26. The summed E-state index contributed by atoms with van der Waals surface area (Å²) in [6, 6.07) is 6.89. The number of piperazine rings is 1. The van der Waals surface area contributed by atoms with E-state index in [0.29, 0.717) is 31.9 Å². The van der Waals surface area contributed by atoms with Gasteiger partial charge in [-0.15, -0.1) is 11.3 Å². The molecule has 0 spiro atoms. The molecule has 1 aromatic carbocycles. The Hall–Kier alpha value is -2.74. The molecule has 0 aliphatic carbocycles. The van der Waals surface area contributed by atoms with Crippen LogP contribution in [0.25, 0.3) is 10.2 Å². The first-order chi connectivity index (χ1) is 14.5. The van der Waals surface area contributed by atoms with E-state index in [9.17, 15) is 9.18 Å². The molecule has 6 nitrogen and oxygen atoms in total. The van der Waals surface area contributed by atoms with E-state index in [2.05, 4.69) is 19.8 Å². The summed E-state index contributed by atoms with van der Waals surface area (Å²) in [5.41, 5.74) is 1.59. The Bertz CT molecular complexity index is 1060. The van der Waals surface area contributed by atoms with Crippen LogP contribution in [0.4, 0.5) is 15.9 Å². The van der Waals surface area contributed by atoms with Crippen molar-refractivity contribution in [1.29, 1.82) is 0 Å². The van der Waals surface area contributed by atoms with Crippen LogP contribution in [-0.2, 0) is 0 Å². The van der Waals surface area contributed by atoms with E-state index in [-0.39, 0.29) is 11.7 Å². The maximum atomic E-state index is 14.1. The van der Waals surface area contributed by atoms with Crippen molar-refractivity contribution in [2.75, 3.05) is 49.1 Å². The monoisotopic (exact) mass is 427 g/mol. The van der Waals surface area contributed by atoms with Crippen molar-refractivity contribution in [3.63, 3.8) is 0 Å². The van der Waals surface area contributed by atoms with Crippen LogP contribution < -0.4 is 9.80 Å². The highest BCUT2D eigenvalue weighted by Crippen LogP contribution is 2.36. The fourth-order valence-corrected chi connectivity index (χ4v) is 5.13. The van der Waals surface area contributed by atoms with Crippen LogP contribution >= 0.6 is 11.3 Å². The number of anilines is 2. The topological polar surface area (TPSA) is 52.6 Å². The number of nitrogens with zero attached hydrogens (tertiary/aromatic N) is 5. The zero-order chi connectivity index (χ0) is 21.3. The first-order valence-corrected chi connectivity index (χ1v) is 11.1. The first kappa shape index (κ1) is 20.5. The molecule has 8 heteroatoms. The van der Waals surface area contributed by atoms with Crippen molar-refractivity contribution in [3.8, 4) is 0 Å². The summed E-state index contributed by atoms with van der Waals surface area (Å²) in [7, 11) is 0. The van der Waals surface area contributed by atoms with Crippen LogP contribution in [-0.4, -0.2) is 60.0 Å². The van der Waals surface area contributed by atoms with Crippen molar-refractivity contribution in [2.24, 2.45) is 0 Å². The lowest BCUT2D eigenvalue weighted by atomic mass is 10.1. The van der Waals surface area contributed by atoms with E-state index in [0.717, 1.165) is 39.6 Å². The van der Waals surface area contributed by atoms with Crippen LogP contribution in [0.1, 0.15) is 29.1 Å². The van der Waals surface area contributed by atoms with Gasteiger partial charge in [-0.1, -0.05) is 12.1 Å². The van der Waals surface area contributed by atoms with E-state index in [1.165, 1.54) is 17.4 Å². The molecule has 0 bridgehead atoms. The smallest absolute Gasteiger partial charge is 0.264 e. The first-order valence-electron chi connectivity index (χ1n) is 10.3. The number of benzene rings is 1. The minimum Gasteiger partial charge on any atom is -0.366 e. The molecule has 3 aromatic rings. The van der Waals surface area contributed by atoms with E-state index in [1.807, 2.05) is 37.8 Å². The second kappa shape index (κ2) is 8.55. The number of halogens is 1. The van der Waals surface area contributed by atoms with Gasteiger partial charge in [0.1, 0.15) is 22.8 Å². The number of carbonyl (C=O) groups excluding carboxylic acids is 1. The number of amides is 1. The summed E-state index contributed by atoms with van der Waals surface area (Å²) >= 11 is 1.44. The molecule has 1 amide bonds. The number of hydrogen-bond acceptors (Lipinski definition) is 6. The Labute approximate surface area is 179 Å². The minimum atomic E-state index is -0.191. The summed E-state index contributed by atoms with van der Waals surface area (Å²) in [5.74, 6) is 0.722. The van der Waals surface area contributed by atoms with E-state index < -0.39 is 0 Å². The van der Waals surface area contributed by atoms with Crippen molar-refractivity contribution in [1.82, 2.24) is 14.9 Å². The van der Waals surface area contributed by atoms with Crippen molar-refractivity contribution in [3.05, 3.63) is 46.9 Å². The summed E-state index contributed by atoms with van der Waals surface area (Å²) in [6.45, 7) is 10.2. The van der Waals surface area contributed by atoms with Gasteiger partial charge < -0.3 is 14.7 Å². The Balaban J connectivity index is 1.61. The number of carbonyl (C=O) groups is 1. The van der Waals surface area contributed by atoms with Crippen LogP contribution in [0.3, 0.4) is 0 Å². The maximum Gasteiger partial charge on any atom is 0.264 e. The molecule has 2 aromatic heterocycles. The lowest BCUT2D eigenvalue weighted by Crippen LogP contribution is -2.47. The Morgan fingerprint density at radius 2 is 1.77 bits per heavy atom. The molecule has 1 saturated heterocycles. The van der Waals surface area contributed by atoms with Gasteiger partial charge in [0.05, 0.1) is 16.0 Å². The fraction of sp³-hybridized carbons (Fsp3) is 0.409. The van der Waals surface area contributed by atoms with Crippen LogP contribution in [0.5, 0.6) is 0 Å². The number of rotatable bonds is 5.